The van der Waals surface area contributed by atoms with Crippen molar-refractivity contribution in [2.24, 2.45) is 0 Å². The molecule has 0 aliphatic carbocycles. The average Bonchev–Trinajstić information content (AvgIpc) is 2.00. The minimum absolute atomic E-state index is 1.06. The molecule has 0 radical (unpaired) electrons. The standard InChI is InChI=1S/C6H12O4Se/c1-3(7)5(9)6(10)4(8)2-11/h2-10H,1H3/t3-,4-,5-,6-/m0/s1. The third kappa shape index (κ3) is 3.42. The van der Waals surface area contributed by atoms with E-state index in [9.17, 15) is 0 Å². The van der Waals surface area contributed by atoms with Gasteiger partial charge in [0.15, 0.2) is 0 Å². The topological polar surface area (TPSA) is 80.9 Å². The Morgan fingerprint density at radius 3 is 1.82 bits per heavy atom. The Bertz CT molecular complexity index is 128. The molecular weight excluding hydrogens is 215 g/mol. The summed E-state index contributed by atoms with van der Waals surface area (Å²) >= 11 is 2.39. The maximum atomic E-state index is 9.05. The van der Waals surface area contributed by atoms with Crippen molar-refractivity contribution in [2.45, 2.75) is 31.3 Å². The van der Waals surface area contributed by atoms with E-state index in [4.69, 9.17) is 20.4 Å². The normalized spacial score (nSPS) is 21.9. The second-order valence-corrected chi connectivity index (χ2v) is 2.92. The van der Waals surface area contributed by atoms with Crippen LogP contribution in [0.2, 0.25) is 0 Å². The first-order valence-electron chi connectivity index (χ1n) is 3.18. The van der Waals surface area contributed by atoms with Gasteiger partial charge in [-0.25, -0.2) is 0 Å². The Labute approximate surface area is 72.8 Å². The molecule has 0 aromatic heterocycles. The molecule has 0 heterocycles. The van der Waals surface area contributed by atoms with E-state index >= 15 is 0 Å². The van der Waals surface area contributed by atoms with Gasteiger partial charge >= 0.3 is 72.3 Å². The van der Waals surface area contributed by atoms with Gasteiger partial charge in [-0.15, -0.1) is 0 Å². The van der Waals surface area contributed by atoms with Gasteiger partial charge in [-0.1, -0.05) is 0 Å². The van der Waals surface area contributed by atoms with Crippen LogP contribution in [0.3, 0.4) is 0 Å². The molecule has 11 heavy (non-hydrogen) atoms. The van der Waals surface area contributed by atoms with Gasteiger partial charge in [-0.05, 0) is 0 Å². The molecule has 0 saturated heterocycles. The summed E-state index contributed by atoms with van der Waals surface area (Å²) in [6.45, 7) is 1.33. The predicted octanol–water partition coefficient (Wildman–Crippen LogP) is -2.58. The van der Waals surface area contributed by atoms with E-state index in [0.717, 1.165) is 0 Å². The molecule has 0 aliphatic rings. The van der Waals surface area contributed by atoms with E-state index < -0.39 is 24.4 Å². The number of aliphatic hydroxyl groups is 4. The van der Waals surface area contributed by atoms with Crippen molar-refractivity contribution in [2.75, 3.05) is 0 Å². The summed E-state index contributed by atoms with van der Waals surface area (Å²) in [6, 6.07) is 0. The first kappa shape index (κ1) is 11.2. The molecule has 4 atom stereocenters. The molecule has 0 spiro atoms. The van der Waals surface area contributed by atoms with Crippen LogP contribution >= 0.6 is 0 Å². The van der Waals surface area contributed by atoms with Gasteiger partial charge in [0.05, 0.1) is 0 Å². The van der Waals surface area contributed by atoms with E-state index in [1.165, 1.54) is 11.8 Å². The molecular formula is C6H12O4Se. The molecule has 4 N–H and O–H groups in total. The maximum absolute atomic E-state index is 9.05. The fourth-order valence-electron chi connectivity index (χ4n) is 0.568. The van der Waals surface area contributed by atoms with Gasteiger partial charge in [-0.2, -0.15) is 0 Å². The van der Waals surface area contributed by atoms with Gasteiger partial charge in [0, 0.05) is 0 Å². The van der Waals surface area contributed by atoms with Gasteiger partial charge in [0.25, 0.3) is 0 Å². The fourth-order valence-corrected chi connectivity index (χ4v) is 0.906. The van der Waals surface area contributed by atoms with Crippen LogP contribution in [-0.2, 0) is 0 Å². The average molecular weight is 227 g/mol. The fraction of sp³-hybridized carbons (Fsp3) is 0.833. The van der Waals surface area contributed by atoms with Gasteiger partial charge < -0.3 is 0 Å². The molecule has 5 heteroatoms. The first-order chi connectivity index (χ1) is 5.00. The van der Waals surface area contributed by atoms with Crippen LogP contribution in [0.4, 0.5) is 0 Å². The first-order valence-corrected chi connectivity index (χ1v) is 4.17. The molecule has 0 bridgehead atoms. The zero-order chi connectivity index (χ0) is 9.02. The SMILES string of the molecule is C[C@H](O)[C@H](O)[C@@H](O)[C@@H](O)C=[Se]. The summed E-state index contributed by atoms with van der Waals surface area (Å²) in [5, 5.41) is 35.8. The summed E-state index contributed by atoms with van der Waals surface area (Å²) in [7, 11) is 0. The third-order valence-corrected chi connectivity index (χ3v) is 1.92. The van der Waals surface area contributed by atoms with E-state index in [1.54, 1.807) is 0 Å². The predicted molar refractivity (Wildman–Crippen MR) is 41.5 cm³/mol. The minimum atomic E-state index is -1.35. The molecule has 0 saturated carbocycles. The Morgan fingerprint density at radius 1 is 1.09 bits per heavy atom. The Morgan fingerprint density at radius 2 is 1.55 bits per heavy atom. The summed E-state index contributed by atoms with van der Waals surface area (Å²) in [4.78, 5) is 1.22. The van der Waals surface area contributed by atoms with E-state index in [0.29, 0.717) is 0 Å². The van der Waals surface area contributed by atoms with E-state index in [1.807, 2.05) is 0 Å². The van der Waals surface area contributed by atoms with Crippen LogP contribution in [0.1, 0.15) is 6.92 Å². The van der Waals surface area contributed by atoms with Crippen LogP contribution in [0.5, 0.6) is 0 Å². The number of hydrogen-bond acceptors (Lipinski definition) is 4. The Hall–Kier alpha value is 0.229. The van der Waals surface area contributed by atoms with Crippen molar-refractivity contribution in [3.8, 4) is 0 Å². The van der Waals surface area contributed by atoms with E-state index in [-0.39, 0.29) is 0 Å². The molecule has 0 rings (SSSR count). The van der Waals surface area contributed by atoms with Crippen LogP contribution < -0.4 is 0 Å². The summed E-state index contributed by atoms with van der Waals surface area (Å²) in [5.41, 5.74) is 0. The number of aliphatic hydroxyl groups excluding tert-OH is 4. The number of hydrogen-bond donors (Lipinski definition) is 4. The zero-order valence-corrected chi connectivity index (χ0v) is 7.80. The summed E-state index contributed by atoms with van der Waals surface area (Å²) in [6.07, 6.45) is -4.88. The van der Waals surface area contributed by atoms with Gasteiger partial charge in [-0.3, -0.25) is 0 Å². The van der Waals surface area contributed by atoms with Crippen molar-refractivity contribution in [3.63, 3.8) is 0 Å². The van der Waals surface area contributed by atoms with Gasteiger partial charge in [0.1, 0.15) is 0 Å². The molecule has 0 aromatic rings. The van der Waals surface area contributed by atoms with Crippen molar-refractivity contribution in [1.82, 2.24) is 0 Å². The monoisotopic (exact) mass is 228 g/mol. The van der Waals surface area contributed by atoms with Crippen molar-refractivity contribution in [3.05, 3.63) is 0 Å². The van der Waals surface area contributed by atoms with Crippen molar-refractivity contribution >= 4 is 20.5 Å². The second-order valence-electron chi connectivity index (χ2n) is 2.35. The summed E-state index contributed by atoms with van der Waals surface area (Å²) < 4.78 is 0. The van der Waals surface area contributed by atoms with Crippen LogP contribution in [-0.4, -0.2) is 65.3 Å². The van der Waals surface area contributed by atoms with Crippen LogP contribution in [0, 0.1) is 0 Å². The molecule has 0 aromatic carbocycles. The van der Waals surface area contributed by atoms with Crippen LogP contribution in [0.15, 0.2) is 0 Å². The van der Waals surface area contributed by atoms with Crippen molar-refractivity contribution in [1.29, 1.82) is 0 Å². The third-order valence-electron chi connectivity index (χ3n) is 1.33. The second kappa shape index (κ2) is 4.98. The van der Waals surface area contributed by atoms with Crippen molar-refractivity contribution < 1.29 is 20.4 Å². The Balaban J connectivity index is 4.00. The molecule has 4 nitrogen and oxygen atoms in total. The molecule has 66 valence electrons. The van der Waals surface area contributed by atoms with Gasteiger partial charge in [0.2, 0.25) is 0 Å². The quantitative estimate of drug-likeness (QED) is 0.398. The van der Waals surface area contributed by atoms with E-state index in [2.05, 4.69) is 15.6 Å². The molecule has 0 amide bonds. The molecule has 0 aliphatic heterocycles. The summed E-state index contributed by atoms with van der Waals surface area (Å²) in [5.74, 6) is 0. The van der Waals surface area contributed by atoms with Crippen LogP contribution in [0.25, 0.3) is 0 Å². The number of rotatable bonds is 4. The molecule has 0 fully saturated rings. The zero-order valence-electron chi connectivity index (χ0n) is 6.08. The molecule has 0 unspecified atom stereocenters. The Kier molecular flexibility index (Phi) is 5.08.